The molecule has 1 rings (SSSR count). The van der Waals surface area contributed by atoms with Crippen molar-refractivity contribution in [2.45, 2.75) is 20.8 Å². The monoisotopic (exact) mass is 224 g/mol. The van der Waals surface area contributed by atoms with Gasteiger partial charge in [0.25, 0.3) is 0 Å². The molecule has 0 aromatic heterocycles. The smallest absolute Gasteiger partial charge is 0.0827 e. The summed E-state index contributed by atoms with van der Waals surface area (Å²) in [4.78, 5) is 0. The molecule has 0 saturated heterocycles. The molecule has 0 aliphatic carbocycles. The average molecular weight is 225 g/mol. The van der Waals surface area contributed by atoms with Crippen LogP contribution in [0, 0.1) is 5.92 Å². The zero-order valence-electron chi connectivity index (χ0n) is 7.84. The summed E-state index contributed by atoms with van der Waals surface area (Å²) in [6, 6.07) is 7.60. The van der Waals surface area contributed by atoms with Gasteiger partial charge in [-0.1, -0.05) is 60.4 Å². The van der Waals surface area contributed by atoms with Crippen LogP contribution in [0.2, 0.25) is 0 Å². The Morgan fingerprint density at radius 2 is 1.58 bits per heavy atom. The van der Waals surface area contributed by atoms with Crippen molar-refractivity contribution in [2.24, 2.45) is 5.92 Å². The second kappa shape index (κ2) is 6.30. The Morgan fingerprint density at radius 3 is 1.83 bits per heavy atom. The highest BCUT2D eigenvalue weighted by molar-refractivity contribution is 9.10. The minimum atomic E-state index is 0.785. The lowest BCUT2D eigenvalue weighted by Gasteiger charge is -1.91. The fourth-order valence-electron chi connectivity index (χ4n) is 0.475. The van der Waals surface area contributed by atoms with Crippen molar-refractivity contribution in [3.05, 3.63) is 28.7 Å². The lowest BCUT2D eigenvalue weighted by atomic mass is 9.97. The largest absolute Gasteiger partial charge is 0.115 e. The van der Waals surface area contributed by atoms with Crippen LogP contribution in [-0.4, -0.2) is 7.85 Å². The highest BCUT2D eigenvalue weighted by atomic mass is 79.9. The molecule has 64 valence electrons. The van der Waals surface area contributed by atoms with Crippen LogP contribution in [0.25, 0.3) is 0 Å². The molecular formula is C10H14BBr. The summed E-state index contributed by atoms with van der Waals surface area (Å²) in [6.07, 6.45) is 0. The highest BCUT2D eigenvalue weighted by Crippen LogP contribution is 2.02. The van der Waals surface area contributed by atoms with Gasteiger partial charge in [0.1, 0.15) is 7.85 Å². The molecule has 0 aliphatic rings. The van der Waals surface area contributed by atoms with Crippen LogP contribution >= 0.6 is 15.9 Å². The summed E-state index contributed by atoms with van der Waals surface area (Å²) in [5.74, 6) is 0.833. The van der Waals surface area contributed by atoms with E-state index in [1.807, 2.05) is 24.3 Å². The van der Waals surface area contributed by atoms with Gasteiger partial charge in [0.05, 0.1) is 0 Å². The maximum Gasteiger partial charge on any atom is 0.115 e. The van der Waals surface area contributed by atoms with Gasteiger partial charge in [-0.2, -0.15) is 0 Å². The van der Waals surface area contributed by atoms with Crippen molar-refractivity contribution in [3.63, 3.8) is 0 Å². The topological polar surface area (TPSA) is 0 Å². The summed E-state index contributed by atoms with van der Waals surface area (Å²) in [7, 11) is 5.47. The van der Waals surface area contributed by atoms with Gasteiger partial charge < -0.3 is 0 Å². The van der Waals surface area contributed by atoms with E-state index in [4.69, 9.17) is 7.85 Å². The molecule has 0 bridgehead atoms. The predicted molar refractivity (Wildman–Crippen MR) is 60.0 cm³/mol. The number of benzene rings is 1. The molecule has 0 unspecified atom stereocenters. The van der Waals surface area contributed by atoms with E-state index < -0.39 is 0 Å². The Labute approximate surface area is 84.9 Å². The SMILES string of the molecule is CC(C)C.[B]c1ccccc1Br. The standard InChI is InChI=1S/C6H4BBr.C4H10/c7-5-3-1-2-4-6(5)8;1-4(2)3/h1-4H;4H,1-3H3. The number of rotatable bonds is 0. The average Bonchev–Trinajstić information content (AvgIpc) is 1.94. The maximum atomic E-state index is 5.47. The Kier molecular flexibility index (Phi) is 6.18. The van der Waals surface area contributed by atoms with Gasteiger partial charge in [0.2, 0.25) is 0 Å². The molecule has 0 aliphatic heterocycles. The van der Waals surface area contributed by atoms with Crippen LogP contribution in [0.1, 0.15) is 20.8 Å². The minimum absolute atomic E-state index is 0.785. The fourth-order valence-corrected chi connectivity index (χ4v) is 0.760. The van der Waals surface area contributed by atoms with Crippen LogP contribution < -0.4 is 5.46 Å². The van der Waals surface area contributed by atoms with Crippen LogP contribution in [0.5, 0.6) is 0 Å². The third kappa shape index (κ3) is 6.47. The van der Waals surface area contributed by atoms with Gasteiger partial charge in [-0.25, -0.2) is 0 Å². The molecule has 2 radical (unpaired) electrons. The van der Waals surface area contributed by atoms with Crippen LogP contribution in [0.3, 0.4) is 0 Å². The molecule has 1 aromatic rings. The van der Waals surface area contributed by atoms with E-state index in [-0.39, 0.29) is 0 Å². The van der Waals surface area contributed by atoms with Crippen LogP contribution in [-0.2, 0) is 0 Å². The Morgan fingerprint density at radius 1 is 1.17 bits per heavy atom. The molecule has 0 atom stereocenters. The van der Waals surface area contributed by atoms with E-state index >= 15 is 0 Å². The van der Waals surface area contributed by atoms with Gasteiger partial charge in [0, 0.05) is 4.47 Å². The maximum absolute atomic E-state index is 5.47. The summed E-state index contributed by atoms with van der Waals surface area (Å²) in [5, 5.41) is 0. The van der Waals surface area contributed by atoms with Crippen molar-refractivity contribution in [1.29, 1.82) is 0 Å². The normalized spacial score (nSPS) is 9.08. The summed E-state index contributed by atoms with van der Waals surface area (Å²) in [5.41, 5.74) is 0.785. The van der Waals surface area contributed by atoms with Crippen molar-refractivity contribution in [1.82, 2.24) is 0 Å². The van der Waals surface area contributed by atoms with Gasteiger partial charge in [0.15, 0.2) is 0 Å². The van der Waals surface area contributed by atoms with Gasteiger partial charge in [-0.15, -0.1) is 0 Å². The summed E-state index contributed by atoms with van der Waals surface area (Å²) >= 11 is 3.27. The first-order chi connectivity index (χ1) is 5.54. The number of hydrogen-bond acceptors (Lipinski definition) is 0. The van der Waals surface area contributed by atoms with Crippen molar-refractivity contribution in [3.8, 4) is 0 Å². The second-order valence-electron chi connectivity index (χ2n) is 3.25. The van der Waals surface area contributed by atoms with E-state index in [0.717, 1.165) is 15.9 Å². The molecular weight excluding hydrogens is 211 g/mol. The number of hydrogen-bond donors (Lipinski definition) is 0. The van der Waals surface area contributed by atoms with E-state index in [9.17, 15) is 0 Å². The summed E-state index contributed by atoms with van der Waals surface area (Å²) in [6.45, 7) is 6.50. The van der Waals surface area contributed by atoms with Crippen molar-refractivity contribution in [2.75, 3.05) is 0 Å². The third-order valence-electron chi connectivity index (χ3n) is 0.905. The quantitative estimate of drug-likeness (QED) is 0.595. The van der Waals surface area contributed by atoms with Crippen LogP contribution in [0.15, 0.2) is 28.7 Å². The number of halogens is 1. The molecule has 2 heteroatoms. The molecule has 0 fully saturated rings. The van der Waals surface area contributed by atoms with Crippen molar-refractivity contribution < 1.29 is 0 Å². The Balaban J connectivity index is 0.000000261. The Hall–Kier alpha value is -0.235. The predicted octanol–water partition coefficient (Wildman–Crippen LogP) is 2.91. The molecule has 12 heavy (non-hydrogen) atoms. The van der Waals surface area contributed by atoms with E-state index in [2.05, 4.69) is 36.7 Å². The lowest BCUT2D eigenvalue weighted by molar-refractivity contribution is 0.737. The molecule has 0 nitrogen and oxygen atoms in total. The van der Waals surface area contributed by atoms with E-state index in [1.165, 1.54) is 0 Å². The summed E-state index contributed by atoms with van der Waals surface area (Å²) < 4.78 is 0.958. The first-order valence-electron chi connectivity index (χ1n) is 4.04. The molecule has 1 aromatic carbocycles. The van der Waals surface area contributed by atoms with Gasteiger partial charge in [-0.05, 0) is 12.0 Å². The molecule has 0 spiro atoms. The van der Waals surface area contributed by atoms with Gasteiger partial charge in [-0.3, -0.25) is 0 Å². The van der Waals surface area contributed by atoms with E-state index in [1.54, 1.807) is 0 Å². The lowest BCUT2D eigenvalue weighted by Crippen LogP contribution is -2.01. The zero-order chi connectivity index (χ0) is 9.56. The first-order valence-corrected chi connectivity index (χ1v) is 4.83. The molecule has 0 amide bonds. The van der Waals surface area contributed by atoms with Crippen molar-refractivity contribution >= 4 is 29.2 Å². The molecule has 0 heterocycles. The zero-order valence-corrected chi connectivity index (χ0v) is 9.43. The minimum Gasteiger partial charge on any atom is -0.0827 e. The van der Waals surface area contributed by atoms with Gasteiger partial charge >= 0.3 is 0 Å². The second-order valence-corrected chi connectivity index (χ2v) is 4.11. The Bertz CT molecular complexity index is 197. The fraction of sp³-hybridized carbons (Fsp3) is 0.400. The highest BCUT2D eigenvalue weighted by Gasteiger charge is 1.85. The molecule has 0 N–H and O–H groups in total. The van der Waals surface area contributed by atoms with Crippen LogP contribution in [0.4, 0.5) is 0 Å². The third-order valence-corrected chi connectivity index (χ3v) is 1.63. The first kappa shape index (κ1) is 11.8. The molecule has 0 saturated carbocycles. The van der Waals surface area contributed by atoms with E-state index in [0.29, 0.717) is 0 Å².